The molecule has 0 aliphatic heterocycles. The van der Waals surface area contributed by atoms with Crippen LogP contribution in [0.15, 0.2) is 52.1 Å². The Bertz CT molecular complexity index is 1300. The number of aromatic nitrogens is 3. The van der Waals surface area contributed by atoms with Crippen LogP contribution >= 0.6 is 0 Å². The van der Waals surface area contributed by atoms with Crippen LogP contribution in [0.1, 0.15) is 28.9 Å². The minimum absolute atomic E-state index is 0.0122. The van der Waals surface area contributed by atoms with Crippen LogP contribution in [-0.2, 0) is 6.54 Å². The highest BCUT2D eigenvalue weighted by molar-refractivity contribution is 5.92. The first kappa shape index (κ1) is 21.3. The van der Waals surface area contributed by atoms with Crippen LogP contribution < -0.4 is 26.0 Å². The third-order valence-corrected chi connectivity index (χ3v) is 5.03. The molecule has 0 bridgehead atoms. The lowest BCUT2D eigenvalue weighted by molar-refractivity contribution is 0.0941. The Kier molecular flexibility index (Phi) is 5.76. The molecule has 1 heterocycles. The van der Waals surface area contributed by atoms with Crippen LogP contribution in [0.4, 0.5) is 4.39 Å². The van der Waals surface area contributed by atoms with Crippen LogP contribution in [0, 0.1) is 5.82 Å². The minimum atomic E-state index is -0.853. The van der Waals surface area contributed by atoms with Crippen molar-refractivity contribution in [2.45, 2.75) is 25.4 Å². The Labute approximate surface area is 182 Å². The van der Waals surface area contributed by atoms with Crippen molar-refractivity contribution in [1.29, 1.82) is 0 Å². The Morgan fingerprint density at radius 1 is 1.12 bits per heavy atom. The van der Waals surface area contributed by atoms with E-state index in [-0.39, 0.29) is 18.3 Å². The quantitative estimate of drug-likeness (QED) is 0.597. The number of rotatable bonds is 7. The number of hydrogen-bond acceptors (Lipinski definition) is 6. The van der Waals surface area contributed by atoms with Crippen LogP contribution in [-0.4, -0.2) is 40.5 Å². The van der Waals surface area contributed by atoms with Crippen molar-refractivity contribution in [2.75, 3.05) is 14.2 Å². The molecule has 1 saturated carbocycles. The maximum absolute atomic E-state index is 13.7. The van der Waals surface area contributed by atoms with Gasteiger partial charge in [-0.2, -0.15) is 9.78 Å². The zero-order chi connectivity index (χ0) is 22.8. The maximum Gasteiger partial charge on any atom is 0.352 e. The molecule has 4 rings (SSSR count). The fourth-order valence-corrected chi connectivity index (χ4v) is 3.22. The maximum atomic E-state index is 13.7. The van der Waals surface area contributed by atoms with Crippen LogP contribution in [0.5, 0.6) is 11.5 Å². The number of nitrogens with zero attached hydrogens (tertiary/aromatic N) is 3. The summed E-state index contributed by atoms with van der Waals surface area (Å²) in [7, 11) is 2.92. The average molecular weight is 440 g/mol. The minimum Gasteiger partial charge on any atom is -0.493 e. The molecule has 1 aliphatic rings. The molecule has 1 aromatic heterocycles. The number of carbonyl (C=O) groups excluding carboxylic acids is 1. The zero-order valence-electron chi connectivity index (χ0n) is 17.5. The number of carbonyl (C=O) groups is 1. The van der Waals surface area contributed by atoms with Gasteiger partial charge in [0, 0.05) is 12.1 Å². The summed E-state index contributed by atoms with van der Waals surface area (Å²) in [6.45, 7) is -0.227. The van der Waals surface area contributed by atoms with Gasteiger partial charge in [-0.05, 0) is 42.7 Å². The van der Waals surface area contributed by atoms with Crippen molar-refractivity contribution < 1.29 is 18.7 Å². The molecule has 9 nitrogen and oxygen atoms in total. The second-order valence-electron chi connectivity index (χ2n) is 7.35. The highest BCUT2D eigenvalue weighted by Gasteiger charge is 2.27. The second-order valence-corrected chi connectivity index (χ2v) is 7.35. The molecular weight excluding hydrogens is 419 g/mol. The molecule has 0 radical (unpaired) electrons. The van der Waals surface area contributed by atoms with Crippen molar-refractivity contribution in [3.8, 4) is 17.2 Å². The van der Waals surface area contributed by atoms with Crippen molar-refractivity contribution in [3.05, 3.63) is 80.4 Å². The molecule has 3 aromatic rings. The molecule has 0 atom stereocenters. The second kappa shape index (κ2) is 8.66. The van der Waals surface area contributed by atoms with Gasteiger partial charge >= 0.3 is 5.69 Å². The average Bonchev–Trinajstić information content (AvgIpc) is 3.60. The predicted molar refractivity (Wildman–Crippen MR) is 113 cm³/mol. The summed E-state index contributed by atoms with van der Waals surface area (Å²) in [5, 5.41) is 6.78. The fraction of sp³-hybridized carbons (Fsp3) is 0.273. The molecule has 32 heavy (non-hydrogen) atoms. The van der Waals surface area contributed by atoms with Gasteiger partial charge in [-0.15, -0.1) is 0 Å². The molecule has 1 N–H and O–H groups in total. The van der Waals surface area contributed by atoms with Crippen molar-refractivity contribution >= 4 is 5.91 Å². The van der Waals surface area contributed by atoms with Crippen LogP contribution in [0.2, 0.25) is 0 Å². The van der Waals surface area contributed by atoms with Gasteiger partial charge in [0.05, 0.1) is 26.5 Å². The molecular formula is C22H21FN4O5. The molecule has 10 heteroatoms. The van der Waals surface area contributed by atoms with E-state index < -0.39 is 28.7 Å². The van der Waals surface area contributed by atoms with Crippen LogP contribution in [0.25, 0.3) is 5.69 Å². The van der Waals surface area contributed by atoms with E-state index in [1.165, 1.54) is 38.5 Å². The topological polar surface area (TPSA) is 104 Å². The fourth-order valence-electron chi connectivity index (χ4n) is 3.22. The first-order valence-electron chi connectivity index (χ1n) is 9.93. The highest BCUT2D eigenvalue weighted by Crippen LogP contribution is 2.28. The summed E-state index contributed by atoms with van der Waals surface area (Å²) in [5.41, 5.74) is -1.41. The molecule has 1 fully saturated rings. The Hall–Kier alpha value is -3.95. The van der Waals surface area contributed by atoms with Crippen molar-refractivity contribution in [3.63, 3.8) is 0 Å². The molecule has 2 aromatic carbocycles. The number of hydrogen-bond donors (Lipinski definition) is 1. The smallest absolute Gasteiger partial charge is 0.352 e. The SMILES string of the molecule is COc1ccc(-n2nc(C(=O)NC3CC3)c(=O)n(Cc3cccc(F)c3)c2=O)cc1OC. The number of amides is 1. The Morgan fingerprint density at radius 3 is 2.53 bits per heavy atom. The summed E-state index contributed by atoms with van der Waals surface area (Å²) in [5.74, 6) is -0.397. The van der Waals surface area contributed by atoms with Crippen molar-refractivity contribution in [1.82, 2.24) is 19.7 Å². The lowest BCUT2D eigenvalue weighted by Gasteiger charge is -2.14. The Balaban J connectivity index is 1.88. The van der Waals surface area contributed by atoms with Gasteiger partial charge in [0.2, 0.25) is 5.69 Å². The lowest BCUT2D eigenvalue weighted by Crippen LogP contribution is -2.46. The van der Waals surface area contributed by atoms with E-state index in [0.717, 1.165) is 22.1 Å². The lowest BCUT2D eigenvalue weighted by atomic mass is 10.2. The molecule has 1 amide bonds. The molecule has 166 valence electrons. The predicted octanol–water partition coefficient (Wildman–Crippen LogP) is 1.49. The monoisotopic (exact) mass is 440 g/mol. The molecule has 0 saturated heterocycles. The Morgan fingerprint density at radius 2 is 1.88 bits per heavy atom. The van der Waals surface area contributed by atoms with Gasteiger partial charge in [0.15, 0.2) is 11.5 Å². The van der Waals surface area contributed by atoms with E-state index in [4.69, 9.17) is 9.47 Å². The summed E-state index contributed by atoms with van der Waals surface area (Å²) in [6, 6.07) is 10.2. The third kappa shape index (κ3) is 4.25. The van der Waals surface area contributed by atoms with E-state index in [0.29, 0.717) is 17.1 Å². The summed E-state index contributed by atoms with van der Waals surface area (Å²) in [4.78, 5) is 38.9. The number of halogens is 1. The van der Waals surface area contributed by atoms with E-state index in [2.05, 4.69) is 10.4 Å². The third-order valence-electron chi connectivity index (χ3n) is 5.03. The van der Waals surface area contributed by atoms with E-state index in [9.17, 15) is 18.8 Å². The summed E-state index contributed by atoms with van der Waals surface area (Å²) in [6.07, 6.45) is 1.64. The summed E-state index contributed by atoms with van der Waals surface area (Å²) < 4.78 is 26.0. The van der Waals surface area contributed by atoms with E-state index in [1.54, 1.807) is 18.2 Å². The first-order valence-corrected chi connectivity index (χ1v) is 9.93. The van der Waals surface area contributed by atoms with Gasteiger partial charge in [0.1, 0.15) is 5.82 Å². The van der Waals surface area contributed by atoms with Crippen LogP contribution in [0.3, 0.4) is 0 Å². The van der Waals surface area contributed by atoms with Gasteiger partial charge in [0.25, 0.3) is 11.5 Å². The number of nitrogens with one attached hydrogen (secondary N) is 1. The zero-order valence-corrected chi connectivity index (χ0v) is 17.5. The first-order chi connectivity index (χ1) is 15.4. The molecule has 1 aliphatic carbocycles. The number of ether oxygens (including phenoxy) is 2. The summed E-state index contributed by atoms with van der Waals surface area (Å²) >= 11 is 0. The number of benzene rings is 2. The van der Waals surface area contributed by atoms with Gasteiger partial charge in [-0.3, -0.25) is 14.2 Å². The van der Waals surface area contributed by atoms with Gasteiger partial charge in [-0.25, -0.2) is 9.18 Å². The molecule has 0 spiro atoms. The van der Waals surface area contributed by atoms with E-state index in [1.807, 2.05) is 0 Å². The molecule has 0 unspecified atom stereocenters. The van der Waals surface area contributed by atoms with Gasteiger partial charge in [-0.1, -0.05) is 12.1 Å². The highest BCUT2D eigenvalue weighted by atomic mass is 19.1. The largest absolute Gasteiger partial charge is 0.493 e. The normalized spacial score (nSPS) is 13.0. The van der Waals surface area contributed by atoms with Crippen molar-refractivity contribution in [2.24, 2.45) is 0 Å². The number of methoxy groups -OCH3 is 2. The standard InChI is InChI=1S/C22H21FN4O5/c1-31-17-9-8-16(11-18(17)32-2)27-22(30)26(12-13-4-3-5-14(23)10-13)21(29)19(25-27)20(28)24-15-6-7-15/h3-5,8-11,15H,6-7,12H2,1-2H3,(H,24,28). The van der Waals surface area contributed by atoms with Gasteiger partial charge < -0.3 is 14.8 Å². The van der Waals surface area contributed by atoms with E-state index >= 15 is 0 Å².